The maximum absolute atomic E-state index is 11.8. The van der Waals surface area contributed by atoms with E-state index in [1.54, 1.807) is 10.9 Å². The molecule has 1 aliphatic heterocycles. The molecule has 0 aliphatic carbocycles. The van der Waals surface area contributed by atoms with E-state index >= 15 is 0 Å². The smallest absolute Gasteiger partial charge is 0.264 e. The van der Waals surface area contributed by atoms with E-state index in [1.807, 2.05) is 34.6 Å². The number of anilines is 1. The highest BCUT2D eigenvalue weighted by Gasteiger charge is 2.76. The number of nitrogens with zero attached hydrogens (tertiary/aromatic N) is 4. The molecule has 1 saturated heterocycles. The predicted octanol–water partition coefficient (Wildman–Crippen LogP) is 0.176. The van der Waals surface area contributed by atoms with E-state index in [2.05, 4.69) is 15.0 Å². The third kappa shape index (κ3) is 3.08. The van der Waals surface area contributed by atoms with Crippen LogP contribution in [0.4, 0.5) is 5.82 Å². The van der Waals surface area contributed by atoms with Crippen molar-refractivity contribution in [1.82, 2.24) is 19.5 Å². The van der Waals surface area contributed by atoms with Crippen molar-refractivity contribution in [3.05, 3.63) is 12.7 Å². The summed E-state index contributed by atoms with van der Waals surface area (Å²) in [5.41, 5.74) is 3.92. The summed E-state index contributed by atoms with van der Waals surface area (Å²) in [4.78, 5) is 12.7. The second-order valence-corrected chi connectivity index (χ2v) is 11.2. The summed E-state index contributed by atoms with van der Waals surface area (Å²) in [6.07, 6.45) is 3.98. The van der Waals surface area contributed by atoms with Gasteiger partial charge in [0.05, 0.1) is 36.8 Å². The van der Waals surface area contributed by atoms with Gasteiger partial charge in [-0.15, -0.1) is 0 Å². The Kier molecular flexibility index (Phi) is 5.11. The van der Waals surface area contributed by atoms with Crippen molar-refractivity contribution in [3.63, 3.8) is 0 Å². The lowest BCUT2D eigenvalue weighted by Gasteiger charge is -2.71. The lowest BCUT2D eigenvalue weighted by molar-refractivity contribution is -0.445. The van der Waals surface area contributed by atoms with Crippen LogP contribution >= 0.6 is 0 Å². The first-order valence-electron chi connectivity index (χ1n) is 9.20. The minimum Gasteiger partial charge on any atom is -0.423 e. The molecule has 1 aliphatic rings. The quantitative estimate of drug-likeness (QED) is 0.490. The molecule has 0 amide bonds. The van der Waals surface area contributed by atoms with Crippen molar-refractivity contribution in [3.8, 4) is 0 Å². The number of hydrogen-bond acceptors (Lipinski definition) is 9. The first kappa shape index (κ1) is 22.1. The molecule has 3 heterocycles. The van der Waals surface area contributed by atoms with Crippen molar-refractivity contribution in [1.29, 1.82) is 0 Å². The SMILES string of the molecule is CC(C)(C)[C@]1(C)O[C@](CO[SiH3])(n2cnc3c(N)ncnc32)[C@]1(C)COS(C)(=O)=O. The molecule has 1 fully saturated rings. The van der Waals surface area contributed by atoms with Crippen molar-refractivity contribution >= 4 is 37.6 Å². The van der Waals surface area contributed by atoms with E-state index in [-0.39, 0.29) is 24.4 Å². The lowest BCUT2D eigenvalue weighted by atomic mass is 9.52. The van der Waals surface area contributed by atoms with Crippen molar-refractivity contribution in [2.75, 3.05) is 25.2 Å². The summed E-state index contributed by atoms with van der Waals surface area (Å²) in [5, 5.41) is 0. The zero-order chi connectivity index (χ0) is 21.9. The highest BCUT2D eigenvalue weighted by molar-refractivity contribution is 7.85. The summed E-state index contributed by atoms with van der Waals surface area (Å²) in [7, 11) is -3.21. The topological polar surface area (TPSA) is 131 Å². The Hall–Kier alpha value is -1.60. The normalized spacial score (nSPS) is 30.6. The Balaban J connectivity index is 2.24. The van der Waals surface area contributed by atoms with Gasteiger partial charge in [-0.05, 0) is 19.3 Å². The summed E-state index contributed by atoms with van der Waals surface area (Å²) in [6, 6.07) is 0. The fourth-order valence-corrected chi connectivity index (χ4v) is 5.07. The van der Waals surface area contributed by atoms with Gasteiger partial charge in [0, 0.05) is 0 Å². The summed E-state index contributed by atoms with van der Waals surface area (Å²) in [6.45, 7) is 10.1. The summed E-state index contributed by atoms with van der Waals surface area (Å²) >= 11 is 0. The van der Waals surface area contributed by atoms with E-state index in [1.165, 1.54) is 6.33 Å². The number of rotatable bonds is 6. The van der Waals surface area contributed by atoms with Gasteiger partial charge < -0.3 is 14.9 Å². The predicted molar refractivity (Wildman–Crippen MR) is 111 cm³/mol. The maximum atomic E-state index is 11.8. The molecule has 3 atom stereocenters. The average molecular weight is 444 g/mol. The van der Waals surface area contributed by atoms with Gasteiger partial charge in [0.25, 0.3) is 10.1 Å². The largest absolute Gasteiger partial charge is 0.423 e. The minimum absolute atomic E-state index is 0.0925. The van der Waals surface area contributed by atoms with E-state index in [9.17, 15) is 8.42 Å². The molecule has 12 heteroatoms. The Morgan fingerprint density at radius 2 is 1.90 bits per heavy atom. The first-order chi connectivity index (χ1) is 13.2. The van der Waals surface area contributed by atoms with Crippen LogP contribution < -0.4 is 5.73 Å². The Labute approximate surface area is 173 Å². The standard InChI is InChI=1S/C17H29N5O5SSi/c1-14(2,3)16(5)15(4,7-25-28(6,23)24)17(27-16,8-26-29)22-10-21-11-12(18)19-9-20-13(11)22/h9-10H,7-8H2,1-6,29H3,(H2,18,19,20)/t15-,16+,17+/m1/s1. The van der Waals surface area contributed by atoms with E-state index in [0.29, 0.717) is 21.6 Å². The Morgan fingerprint density at radius 3 is 2.45 bits per heavy atom. The van der Waals surface area contributed by atoms with Crippen molar-refractivity contribution in [2.45, 2.75) is 45.9 Å². The molecule has 29 heavy (non-hydrogen) atoms. The van der Waals surface area contributed by atoms with Gasteiger partial charge in [0.2, 0.25) is 0 Å². The number of ether oxygens (including phenoxy) is 1. The van der Waals surface area contributed by atoms with Crippen LogP contribution in [0.3, 0.4) is 0 Å². The van der Waals surface area contributed by atoms with Crippen LogP contribution in [0.2, 0.25) is 0 Å². The first-order valence-corrected chi connectivity index (χ1v) is 11.8. The van der Waals surface area contributed by atoms with Crippen LogP contribution in [0.25, 0.3) is 11.2 Å². The van der Waals surface area contributed by atoms with Gasteiger partial charge in [-0.2, -0.15) is 8.42 Å². The van der Waals surface area contributed by atoms with Crippen LogP contribution in [0, 0.1) is 10.8 Å². The molecular formula is C17H29N5O5SSi. The minimum atomic E-state index is -3.67. The molecule has 0 radical (unpaired) electrons. The number of nitrogens with two attached hydrogens (primary N) is 1. The molecule has 0 unspecified atom stereocenters. The molecule has 3 rings (SSSR count). The highest BCUT2D eigenvalue weighted by atomic mass is 32.2. The van der Waals surface area contributed by atoms with Gasteiger partial charge in [0.15, 0.2) is 17.2 Å². The average Bonchev–Trinajstić information content (AvgIpc) is 3.03. The molecule has 0 spiro atoms. The van der Waals surface area contributed by atoms with Crippen molar-refractivity contribution in [2.24, 2.45) is 10.8 Å². The fourth-order valence-electron chi connectivity index (χ4n) is 4.23. The van der Waals surface area contributed by atoms with Gasteiger partial charge in [-0.25, -0.2) is 15.0 Å². The van der Waals surface area contributed by atoms with Crippen molar-refractivity contribution < 1.29 is 21.8 Å². The second kappa shape index (κ2) is 6.70. The van der Waals surface area contributed by atoms with Gasteiger partial charge >= 0.3 is 0 Å². The zero-order valence-electron chi connectivity index (χ0n) is 17.9. The molecule has 162 valence electrons. The molecule has 0 bridgehead atoms. The third-order valence-corrected chi connectivity index (χ3v) is 7.21. The van der Waals surface area contributed by atoms with Crippen LogP contribution in [-0.4, -0.2) is 63.5 Å². The monoisotopic (exact) mass is 443 g/mol. The van der Waals surface area contributed by atoms with E-state index < -0.39 is 26.9 Å². The van der Waals surface area contributed by atoms with Crippen LogP contribution in [0.5, 0.6) is 0 Å². The molecule has 2 aromatic heterocycles. The van der Waals surface area contributed by atoms with E-state index in [4.69, 9.17) is 19.1 Å². The number of fused-ring (bicyclic) bond motifs is 1. The van der Waals surface area contributed by atoms with E-state index in [0.717, 1.165) is 6.26 Å². The Bertz CT molecular complexity index is 1040. The van der Waals surface area contributed by atoms with Crippen LogP contribution in [0.1, 0.15) is 34.6 Å². The van der Waals surface area contributed by atoms with Gasteiger partial charge in [0.1, 0.15) is 22.3 Å². The fraction of sp³-hybridized carbons (Fsp3) is 0.706. The van der Waals surface area contributed by atoms with Gasteiger partial charge in [-0.1, -0.05) is 20.8 Å². The Morgan fingerprint density at radius 1 is 1.24 bits per heavy atom. The second-order valence-electron chi connectivity index (χ2n) is 8.95. The lowest BCUT2D eigenvalue weighted by Crippen LogP contribution is -2.81. The molecular weight excluding hydrogens is 414 g/mol. The molecule has 0 saturated carbocycles. The van der Waals surface area contributed by atoms with Gasteiger partial charge in [-0.3, -0.25) is 8.75 Å². The number of aromatic nitrogens is 4. The summed E-state index contributed by atoms with van der Waals surface area (Å²) in [5.74, 6) is 0.252. The number of hydrogen-bond donors (Lipinski definition) is 1. The molecule has 0 aromatic carbocycles. The van der Waals surface area contributed by atoms with Crippen LogP contribution in [-0.2, 0) is 29.2 Å². The zero-order valence-corrected chi connectivity index (χ0v) is 20.7. The molecule has 2 aromatic rings. The number of nitrogen functional groups attached to an aromatic ring is 1. The third-order valence-electron chi connectivity index (χ3n) is 6.37. The van der Waals surface area contributed by atoms with Crippen LogP contribution in [0.15, 0.2) is 12.7 Å². The number of imidazole rings is 1. The summed E-state index contributed by atoms with van der Waals surface area (Å²) < 4.78 is 43.1. The molecule has 10 nitrogen and oxygen atoms in total. The molecule has 2 N–H and O–H groups in total. The highest BCUT2D eigenvalue weighted by Crippen LogP contribution is 2.66. The maximum Gasteiger partial charge on any atom is 0.264 e.